The predicted molar refractivity (Wildman–Crippen MR) is 74.2 cm³/mol. The lowest BCUT2D eigenvalue weighted by atomic mass is 10.0. The van der Waals surface area contributed by atoms with E-state index in [4.69, 9.17) is 22.6 Å². The summed E-state index contributed by atoms with van der Waals surface area (Å²) < 4.78 is 0. The number of unbranched alkanes of at least 4 members (excludes halogenated alkanes) is 1. The normalized spacial score (nSPS) is 9.18. The van der Waals surface area contributed by atoms with Crippen molar-refractivity contribution in [2.75, 3.05) is 6.54 Å². The second-order valence-electron chi connectivity index (χ2n) is 3.64. The van der Waals surface area contributed by atoms with Crippen LogP contribution in [0.3, 0.4) is 0 Å². The van der Waals surface area contributed by atoms with Gasteiger partial charge in [-0.05, 0) is 49.9 Å². The first kappa shape index (κ1) is 16.0. The Labute approximate surface area is 109 Å². The lowest BCUT2D eigenvalue weighted by Gasteiger charge is -2.07. The van der Waals surface area contributed by atoms with Gasteiger partial charge in [0.25, 0.3) is 0 Å². The Balaban J connectivity index is 0.00000121. The fourth-order valence-corrected chi connectivity index (χ4v) is 1.81. The third kappa shape index (κ3) is 5.21. The molecule has 1 rings (SSSR count). The molecule has 0 spiro atoms. The van der Waals surface area contributed by atoms with Gasteiger partial charge >= 0.3 is 0 Å². The standard InChI is InChI=1S/C12H15ClN2.C2H6/c1-9-6-10(4-2-3-5-14)12(13)11(7-9)8-15;1-2/h6-7H,2-5,14H2,1H3;1-2H3. The minimum Gasteiger partial charge on any atom is -0.330 e. The van der Waals surface area contributed by atoms with Gasteiger partial charge < -0.3 is 5.73 Å². The van der Waals surface area contributed by atoms with Gasteiger partial charge in [0.1, 0.15) is 6.07 Å². The molecule has 17 heavy (non-hydrogen) atoms. The Hall–Kier alpha value is -1.04. The molecule has 3 heteroatoms. The van der Waals surface area contributed by atoms with Crippen LogP contribution in [-0.2, 0) is 6.42 Å². The van der Waals surface area contributed by atoms with Crippen LogP contribution in [0.5, 0.6) is 0 Å². The molecular formula is C14H21ClN2. The molecule has 0 aliphatic heterocycles. The molecule has 0 fully saturated rings. The first-order valence-electron chi connectivity index (χ1n) is 6.08. The highest BCUT2D eigenvalue weighted by Crippen LogP contribution is 2.24. The van der Waals surface area contributed by atoms with E-state index in [2.05, 4.69) is 6.07 Å². The highest BCUT2D eigenvalue weighted by molar-refractivity contribution is 6.32. The molecule has 0 aliphatic carbocycles. The van der Waals surface area contributed by atoms with Crippen LogP contribution in [0.25, 0.3) is 0 Å². The van der Waals surface area contributed by atoms with Gasteiger partial charge in [-0.25, -0.2) is 0 Å². The van der Waals surface area contributed by atoms with Gasteiger partial charge in [-0.3, -0.25) is 0 Å². The molecule has 0 unspecified atom stereocenters. The van der Waals surface area contributed by atoms with Crippen LogP contribution < -0.4 is 5.73 Å². The van der Waals surface area contributed by atoms with E-state index < -0.39 is 0 Å². The van der Waals surface area contributed by atoms with Crippen molar-refractivity contribution < 1.29 is 0 Å². The van der Waals surface area contributed by atoms with Gasteiger partial charge in [-0.2, -0.15) is 5.26 Å². The van der Waals surface area contributed by atoms with E-state index in [-0.39, 0.29) is 0 Å². The summed E-state index contributed by atoms with van der Waals surface area (Å²) >= 11 is 6.11. The van der Waals surface area contributed by atoms with Crippen LogP contribution in [0.15, 0.2) is 12.1 Å². The highest BCUT2D eigenvalue weighted by atomic mass is 35.5. The Morgan fingerprint density at radius 2 is 1.94 bits per heavy atom. The van der Waals surface area contributed by atoms with Crippen molar-refractivity contribution in [3.8, 4) is 6.07 Å². The number of benzene rings is 1. The van der Waals surface area contributed by atoms with Crippen LogP contribution >= 0.6 is 11.6 Å². The zero-order valence-corrected chi connectivity index (χ0v) is 11.6. The number of rotatable bonds is 4. The molecule has 0 saturated carbocycles. The van der Waals surface area contributed by atoms with E-state index in [1.54, 1.807) is 0 Å². The summed E-state index contributed by atoms with van der Waals surface area (Å²) in [5.74, 6) is 0. The van der Waals surface area contributed by atoms with Crippen LogP contribution in [0.4, 0.5) is 0 Å². The average Bonchev–Trinajstić information content (AvgIpc) is 2.35. The summed E-state index contributed by atoms with van der Waals surface area (Å²) in [5.41, 5.74) is 8.14. The molecule has 0 aliphatic rings. The molecule has 94 valence electrons. The summed E-state index contributed by atoms with van der Waals surface area (Å²) in [6.45, 7) is 6.68. The molecule has 0 amide bonds. The lowest BCUT2D eigenvalue weighted by Crippen LogP contribution is -1.99. The van der Waals surface area contributed by atoms with E-state index in [1.807, 2.05) is 32.9 Å². The average molecular weight is 253 g/mol. The number of nitrogens with two attached hydrogens (primary N) is 1. The lowest BCUT2D eigenvalue weighted by molar-refractivity contribution is 0.744. The van der Waals surface area contributed by atoms with Gasteiger partial charge in [0, 0.05) is 0 Å². The van der Waals surface area contributed by atoms with Gasteiger partial charge in [0.2, 0.25) is 0 Å². The van der Waals surface area contributed by atoms with E-state index >= 15 is 0 Å². The highest BCUT2D eigenvalue weighted by Gasteiger charge is 2.06. The Kier molecular flexibility index (Phi) is 8.49. The molecule has 1 aromatic rings. The van der Waals surface area contributed by atoms with Gasteiger partial charge in [0.05, 0.1) is 10.6 Å². The molecule has 0 atom stereocenters. The number of hydrogen-bond donors (Lipinski definition) is 1. The Bertz CT molecular complexity index is 381. The minimum absolute atomic E-state index is 0.569. The van der Waals surface area contributed by atoms with Crippen molar-refractivity contribution in [2.24, 2.45) is 5.73 Å². The van der Waals surface area contributed by atoms with Crippen molar-refractivity contribution >= 4 is 11.6 Å². The van der Waals surface area contributed by atoms with Crippen LogP contribution in [0.1, 0.15) is 43.4 Å². The Morgan fingerprint density at radius 1 is 1.29 bits per heavy atom. The summed E-state index contributed by atoms with van der Waals surface area (Å²) in [6, 6.07) is 5.97. The van der Waals surface area contributed by atoms with Crippen molar-refractivity contribution in [1.29, 1.82) is 5.26 Å². The van der Waals surface area contributed by atoms with Crippen LogP contribution in [0.2, 0.25) is 5.02 Å². The first-order chi connectivity index (χ1) is 8.19. The number of hydrogen-bond acceptors (Lipinski definition) is 2. The van der Waals surface area contributed by atoms with Crippen LogP contribution in [-0.4, -0.2) is 6.54 Å². The van der Waals surface area contributed by atoms with Crippen molar-refractivity contribution in [3.05, 3.63) is 33.8 Å². The maximum absolute atomic E-state index is 8.88. The number of aryl methyl sites for hydroxylation is 2. The molecule has 0 heterocycles. The topological polar surface area (TPSA) is 49.8 Å². The molecule has 0 saturated heterocycles. The fraction of sp³-hybridized carbons (Fsp3) is 0.500. The summed E-state index contributed by atoms with van der Waals surface area (Å²) in [5, 5.41) is 9.48. The van der Waals surface area contributed by atoms with Gasteiger partial charge in [-0.15, -0.1) is 0 Å². The maximum atomic E-state index is 8.88. The second kappa shape index (κ2) is 9.04. The van der Waals surface area contributed by atoms with Gasteiger partial charge in [0.15, 0.2) is 0 Å². The largest absolute Gasteiger partial charge is 0.330 e. The summed E-state index contributed by atoms with van der Waals surface area (Å²) in [6.07, 6.45) is 2.91. The molecule has 1 aromatic carbocycles. The number of nitriles is 1. The van der Waals surface area contributed by atoms with E-state index in [0.717, 1.165) is 30.4 Å². The number of nitrogens with zero attached hydrogens (tertiary/aromatic N) is 1. The third-order valence-electron chi connectivity index (χ3n) is 2.31. The second-order valence-corrected chi connectivity index (χ2v) is 4.02. The van der Waals surface area contributed by atoms with Crippen molar-refractivity contribution in [1.82, 2.24) is 0 Å². The Morgan fingerprint density at radius 3 is 2.47 bits per heavy atom. The van der Waals surface area contributed by atoms with Crippen LogP contribution in [0, 0.1) is 18.3 Å². The molecular weight excluding hydrogens is 232 g/mol. The fourth-order valence-electron chi connectivity index (χ4n) is 1.57. The zero-order valence-electron chi connectivity index (χ0n) is 10.9. The quantitative estimate of drug-likeness (QED) is 0.828. The number of halogens is 1. The van der Waals surface area contributed by atoms with E-state index in [0.29, 0.717) is 17.1 Å². The summed E-state index contributed by atoms with van der Waals surface area (Å²) in [4.78, 5) is 0. The van der Waals surface area contributed by atoms with Crippen molar-refractivity contribution in [2.45, 2.75) is 40.0 Å². The zero-order chi connectivity index (χ0) is 13.3. The minimum atomic E-state index is 0.569. The van der Waals surface area contributed by atoms with E-state index in [1.165, 1.54) is 0 Å². The maximum Gasteiger partial charge on any atom is 0.101 e. The molecule has 0 aromatic heterocycles. The monoisotopic (exact) mass is 252 g/mol. The molecule has 2 N–H and O–H groups in total. The molecule has 0 bridgehead atoms. The third-order valence-corrected chi connectivity index (χ3v) is 2.76. The van der Waals surface area contributed by atoms with E-state index in [9.17, 15) is 0 Å². The van der Waals surface area contributed by atoms with Crippen molar-refractivity contribution in [3.63, 3.8) is 0 Å². The SMILES string of the molecule is CC.Cc1cc(C#N)c(Cl)c(CCCCN)c1. The summed E-state index contributed by atoms with van der Waals surface area (Å²) in [7, 11) is 0. The smallest absolute Gasteiger partial charge is 0.101 e. The molecule has 0 radical (unpaired) electrons. The predicted octanol–water partition coefficient (Wildman–Crippen LogP) is 3.83. The molecule has 2 nitrogen and oxygen atoms in total. The van der Waals surface area contributed by atoms with Gasteiger partial charge in [-0.1, -0.05) is 31.5 Å². The first-order valence-corrected chi connectivity index (χ1v) is 6.46.